The number of aromatic hydroxyl groups is 1. The van der Waals surface area contributed by atoms with Crippen molar-refractivity contribution < 1.29 is 33.4 Å². The summed E-state index contributed by atoms with van der Waals surface area (Å²) in [7, 11) is -2.28. The van der Waals surface area contributed by atoms with Crippen molar-refractivity contribution in [1.82, 2.24) is 9.88 Å². The molecule has 54 heavy (non-hydrogen) atoms. The largest absolute Gasteiger partial charge is 0.506 e. The van der Waals surface area contributed by atoms with E-state index in [1.807, 2.05) is 72.8 Å². The first-order valence-electron chi connectivity index (χ1n) is 17.9. The van der Waals surface area contributed by atoms with Gasteiger partial charge in [0.2, 0.25) is 0 Å². The predicted octanol–water partition coefficient (Wildman–Crippen LogP) is 8.34. The molecule has 0 saturated heterocycles. The molecule has 5 N–H and O–H groups in total. The standard InChI is InChI=1S/C41H46N4O8Si/c1-41(2,3)54(4,5)53-35(30-17-19-33(46)37-38(30)51-25-36(47)44-37)24-42-23-27-15-18-32-34(22-27)52-40(50)45(32)20-10-9-11-26-14-16-29(28-12-7-6-8-13-28)31(21-26)43-39(48)49/h6-9,11-19,21-22,35,42-43,46H,10,20,23-25H2,1-5H3,(H,44,47)(H,48,49)/b11-9+. The number of hydrogen-bond acceptors (Lipinski definition) is 8. The van der Waals surface area contributed by atoms with E-state index in [2.05, 4.69) is 49.8 Å². The molecule has 1 aliphatic heterocycles. The van der Waals surface area contributed by atoms with Crippen molar-refractivity contribution in [3.63, 3.8) is 0 Å². The molecule has 2 amide bonds. The number of ether oxygens (including phenoxy) is 1. The molecular weight excluding hydrogens is 705 g/mol. The summed E-state index contributed by atoms with van der Waals surface area (Å²) in [5.74, 6) is -0.453. The van der Waals surface area contributed by atoms with Gasteiger partial charge in [-0.05, 0) is 71.6 Å². The number of carbonyl (C=O) groups is 2. The van der Waals surface area contributed by atoms with Gasteiger partial charge in [0.1, 0.15) is 11.4 Å². The number of fused-ring (bicyclic) bond motifs is 2. The number of nitrogens with zero attached hydrogens (tertiary/aromatic N) is 1. The number of allylic oxidation sites excluding steroid dienone is 1. The highest BCUT2D eigenvalue weighted by atomic mass is 28.4. The number of anilines is 2. The molecule has 4 aromatic carbocycles. The molecule has 282 valence electrons. The maximum absolute atomic E-state index is 12.9. The lowest BCUT2D eigenvalue weighted by Crippen LogP contribution is -2.43. The van der Waals surface area contributed by atoms with Crippen molar-refractivity contribution in [2.75, 3.05) is 23.8 Å². The second-order valence-corrected chi connectivity index (χ2v) is 19.6. The molecule has 12 nitrogen and oxygen atoms in total. The molecule has 1 atom stereocenters. The van der Waals surface area contributed by atoms with Crippen LogP contribution < -0.4 is 26.4 Å². The van der Waals surface area contributed by atoms with Crippen LogP contribution in [0.5, 0.6) is 11.5 Å². The Balaban J connectivity index is 1.13. The maximum Gasteiger partial charge on any atom is 0.419 e. The Kier molecular flexibility index (Phi) is 11.1. The molecule has 0 fully saturated rings. The molecular formula is C41H46N4O8Si. The molecule has 0 spiro atoms. The van der Waals surface area contributed by atoms with E-state index in [1.165, 1.54) is 0 Å². The lowest BCUT2D eigenvalue weighted by Gasteiger charge is -2.40. The summed E-state index contributed by atoms with van der Waals surface area (Å²) in [5.41, 5.74) is 6.05. The minimum absolute atomic E-state index is 0.0695. The number of aromatic nitrogens is 1. The Morgan fingerprint density at radius 3 is 2.57 bits per heavy atom. The van der Waals surface area contributed by atoms with Gasteiger partial charge in [-0.15, -0.1) is 0 Å². The molecule has 13 heteroatoms. The smallest absolute Gasteiger partial charge is 0.419 e. The highest BCUT2D eigenvalue weighted by Crippen LogP contribution is 2.45. The van der Waals surface area contributed by atoms with E-state index in [-0.39, 0.29) is 29.0 Å². The van der Waals surface area contributed by atoms with Crippen molar-refractivity contribution in [1.29, 1.82) is 0 Å². The zero-order chi connectivity index (χ0) is 38.6. The van der Waals surface area contributed by atoms with Crippen molar-refractivity contribution in [3.8, 4) is 22.6 Å². The summed E-state index contributed by atoms with van der Waals surface area (Å²) in [5, 5.41) is 28.5. The average Bonchev–Trinajstić information content (AvgIpc) is 3.43. The van der Waals surface area contributed by atoms with Gasteiger partial charge in [0, 0.05) is 30.8 Å². The van der Waals surface area contributed by atoms with Crippen LogP contribution in [-0.2, 0) is 22.3 Å². The van der Waals surface area contributed by atoms with Crippen molar-refractivity contribution >= 4 is 48.9 Å². The second-order valence-electron chi connectivity index (χ2n) is 14.8. The highest BCUT2D eigenvalue weighted by Gasteiger charge is 2.40. The van der Waals surface area contributed by atoms with Gasteiger partial charge in [-0.2, -0.15) is 0 Å². The topological polar surface area (TPSA) is 164 Å². The number of carbonyl (C=O) groups excluding carboxylic acids is 1. The summed E-state index contributed by atoms with van der Waals surface area (Å²) >= 11 is 0. The molecule has 0 radical (unpaired) electrons. The number of phenolic OH excluding ortho intramolecular Hbond substituents is 1. The Hall–Kier alpha value is -5.63. The lowest BCUT2D eigenvalue weighted by atomic mass is 10.0. The number of amides is 2. The van der Waals surface area contributed by atoms with E-state index in [1.54, 1.807) is 22.8 Å². The quantitative estimate of drug-likeness (QED) is 0.0588. The van der Waals surface area contributed by atoms with Gasteiger partial charge in [0.05, 0.1) is 17.3 Å². The fraction of sp³-hybridized carbons (Fsp3) is 0.293. The molecule has 2 heterocycles. The molecule has 0 bridgehead atoms. The number of oxazole rings is 1. The molecule has 1 aromatic heterocycles. The number of carboxylic acid groups (broad SMARTS) is 1. The van der Waals surface area contributed by atoms with E-state index in [0.29, 0.717) is 48.6 Å². The predicted molar refractivity (Wildman–Crippen MR) is 213 cm³/mol. The normalized spacial score (nSPS) is 13.8. The van der Waals surface area contributed by atoms with Crippen LogP contribution in [0.3, 0.4) is 0 Å². The number of rotatable bonds is 13. The van der Waals surface area contributed by atoms with Gasteiger partial charge in [-0.25, -0.2) is 9.59 Å². The van der Waals surface area contributed by atoms with E-state index in [4.69, 9.17) is 13.6 Å². The van der Waals surface area contributed by atoms with Gasteiger partial charge in [-0.1, -0.05) is 81.5 Å². The molecule has 1 aliphatic rings. The third kappa shape index (κ3) is 8.60. The van der Waals surface area contributed by atoms with Gasteiger partial charge < -0.3 is 34.4 Å². The van der Waals surface area contributed by atoms with Gasteiger partial charge >= 0.3 is 11.8 Å². The minimum atomic E-state index is -2.28. The van der Waals surface area contributed by atoms with Crippen LogP contribution in [0.25, 0.3) is 28.3 Å². The number of hydrogen-bond donors (Lipinski definition) is 5. The average molecular weight is 751 g/mol. The zero-order valence-corrected chi connectivity index (χ0v) is 32.1. The monoisotopic (exact) mass is 750 g/mol. The van der Waals surface area contributed by atoms with E-state index in [9.17, 15) is 24.6 Å². The minimum Gasteiger partial charge on any atom is -0.506 e. The summed E-state index contributed by atoms with van der Waals surface area (Å²) < 4.78 is 19.9. The van der Waals surface area contributed by atoms with Crippen LogP contribution in [0.4, 0.5) is 16.2 Å². The Labute approximate surface area is 314 Å². The number of phenols is 1. The fourth-order valence-electron chi connectivity index (χ4n) is 6.14. The van der Waals surface area contributed by atoms with E-state index >= 15 is 0 Å². The highest BCUT2D eigenvalue weighted by molar-refractivity contribution is 6.74. The summed E-state index contributed by atoms with van der Waals surface area (Å²) in [6.45, 7) is 12.0. The summed E-state index contributed by atoms with van der Waals surface area (Å²) in [6.07, 6.45) is 2.81. The van der Waals surface area contributed by atoms with Crippen molar-refractivity contribution in [2.24, 2.45) is 0 Å². The van der Waals surface area contributed by atoms with E-state index in [0.717, 1.165) is 27.8 Å². The third-order valence-electron chi connectivity index (χ3n) is 9.96. The lowest BCUT2D eigenvalue weighted by molar-refractivity contribution is -0.118. The number of nitrogens with one attached hydrogen (secondary N) is 3. The molecule has 5 aromatic rings. The number of aryl methyl sites for hydroxylation is 1. The molecule has 1 unspecified atom stereocenters. The van der Waals surface area contributed by atoms with Crippen LogP contribution in [0.2, 0.25) is 18.1 Å². The Bertz CT molecular complexity index is 2260. The van der Waals surface area contributed by atoms with Crippen molar-refractivity contribution in [2.45, 2.75) is 64.5 Å². The first-order valence-corrected chi connectivity index (χ1v) is 20.8. The molecule has 0 aliphatic carbocycles. The zero-order valence-electron chi connectivity index (χ0n) is 31.1. The summed E-state index contributed by atoms with van der Waals surface area (Å²) in [6, 6.07) is 24.2. The van der Waals surface area contributed by atoms with Crippen LogP contribution in [0.1, 0.15) is 50.0 Å². The Morgan fingerprint density at radius 2 is 1.83 bits per heavy atom. The van der Waals surface area contributed by atoms with E-state index < -0.39 is 26.3 Å². The van der Waals surface area contributed by atoms with Gasteiger partial charge in [0.25, 0.3) is 5.91 Å². The van der Waals surface area contributed by atoms with Crippen molar-refractivity contribution in [3.05, 3.63) is 112 Å². The van der Waals surface area contributed by atoms with Crippen LogP contribution in [-0.4, -0.2) is 48.2 Å². The van der Waals surface area contributed by atoms with Crippen LogP contribution in [0.15, 0.2) is 94.2 Å². The summed E-state index contributed by atoms with van der Waals surface area (Å²) in [4.78, 5) is 36.4. The first kappa shape index (κ1) is 38.1. The van der Waals surface area contributed by atoms with Crippen LogP contribution >= 0.6 is 0 Å². The second kappa shape index (κ2) is 15.8. The first-order chi connectivity index (χ1) is 25.7. The van der Waals surface area contributed by atoms with Gasteiger partial charge in [0.15, 0.2) is 26.3 Å². The van der Waals surface area contributed by atoms with Crippen LogP contribution in [0, 0.1) is 0 Å². The third-order valence-corrected chi connectivity index (χ3v) is 14.4. The fourth-order valence-corrected chi connectivity index (χ4v) is 7.41. The number of benzene rings is 4. The maximum atomic E-state index is 12.9. The molecule has 6 rings (SSSR count). The SMILES string of the molecule is CC(C)(C)[Si](C)(C)OC(CNCc1ccc2c(c1)oc(=O)n2CC/C=C/c1ccc(-c2ccccc2)c(NC(=O)O)c1)c1ccc(O)c2c1OCC(=O)N2. The molecule has 0 saturated carbocycles. The van der Waals surface area contributed by atoms with Gasteiger partial charge in [-0.3, -0.25) is 14.7 Å². The Morgan fingerprint density at radius 1 is 1.06 bits per heavy atom.